The molecular formula is C11H16N2O. The van der Waals surface area contributed by atoms with Gasteiger partial charge in [0.25, 0.3) is 0 Å². The maximum Gasteiger partial charge on any atom is 0.243 e. The van der Waals surface area contributed by atoms with Gasteiger partial charge in [0.2, 0.25) is 5.91 Å². The lowest BCUT2D eigenvalue weighted by molar-refractivity contribution is -0.117. The summed E-state index contributed by atoms with van der Waals surface area (Å²) in [6.45, 7) is 7.00. The first-order chi connectivity index (χ1) is 6.76. The molecule has 0 aromatic heterocycles. The van der Waals surface area contributed by atoms with Gasteiger partial charge in [0.05, 0.1) is 0 Å². The largest absolute Gasteiger partial charge is 0.349 e. The third kappa shape index (κ3) is 3.23. The van der Waals surface area contributed by atoms with E-state index in [1.807, 2.05) is 6.92 Å². The van der Waals surface area contributed by atoms with E-state index in [1.165, 1.54) is 6.08 Å². The van der Waals surface area contributed by atoms with Gasteiger partial charge in [-0.15, -0.1) is 5.92 Å². The van der Waals surface area contributed by atoms with E-state index < -0.39 is 0 Å². The molecule has 1 aliphatic heterocycles. The maximum absolute atomic E-state index is 11.1. The molecule has 0 radical (unpaired) electrons. The van der Waals surface area contributed by atoms with Crippen LogP contribution < -0.4 is 10.6 Å². The highest BCUT2D eigenvalue weighted by Crippen LogP contribution is 2.09. The van der Waals surface area contributed by atoms with E-state index in [0.717, 1.165) is 19.5 Å². The fourth-order valence-electron chi connectivity index (χ4n) is 1.63. The molecule has 0 saturated carbocycles. The van der Waals surface area contributed by atoms with Crippen LogP contribution in [0.25, 0.3) is 0 Å². The van der Waals surface area contributed by atoms with Gasteiger partial charge < -0.3 is 10.6 Å². The molecule has 2 N–H and O–H groups in total. The molecule has 1 aliphatic rings. The maximum atomic E-state index is 11.1. The molecule has 0 aromatic rings. The van der Waals surface area contributed by atoms with Crippen LogP contribution in [0.3, 0.4) is 0 Å². The van der Waals surface area contributed by atoms with Crippen molar-refractivity contribution >= 4 is 5.91 Å². The molecule has 3 nitrogen and oxygen atoms in total. The van der Waals surface area contributed by atoms with Gasteiger partial charge in [-0.25, -0.2) is 0 Å². The number of amides is 1. The molecule has 1 fully saturated rings. The van der Waals surface area contributed by atoms with Gasteiger partial charge in [-0.3, -0.25) is 4.79 Å². The Morgan fingerprint density at radius 3 is 3.07 bits per heavy atom. The summed E-state index contributed by atoms with van der Waals surface area (Å²) < 4.78 is 0. The predicted octanol–water partition coefficient (Wildman–Crippen LogP) is 0.290. The number of nitrogens with one attached hydrogen (secondary N) is 2. The molecule has 0 bridgehead atoms. The average Bonchev–Trinajstić information content (AvgIpc) is 2.19. The summed E-state index contributed by atoms with van der Waals surface area (Å²) >= 11 is 0. The summed E-state index contributed by atoms with van der Waals surface area (Å²) in [5.41, 5.74) is 0. The van der Waals surface area contributed by atoms with Crippen LogP contribution in [-0.4, -0.2) is 25.0 Å². The van der Waals surface area contributed by atoms with Crippen molar-refractivity contribution < 1.29 is 4.79 Å². The van der Waals surface area contributed by atoms with Crippen molar-refractivity contribution in [2.75, 3.05) is 13.1 Å². The minimum absolute atomic E-state index is 0.109. The van der Waals surface area contributed by atoms with Gasteiger partial charge in [0.1, 0.15) is 0 Å². The minimum atomic E-state index is -0.109. The zero-order valence-corrected chi connectivity index (χ0v) is 8.47. The van der Waals surface area contributed by atoms with Crippen LogP contribution >= 0.6 is 0 Å². The first-order valence-corrected chi connectivity index (χ1v) is 4.82. The summed E-state index contributed by atoms with van der Waals surface area (Å²) in [7, 11) is 0. The van der Waals surface area contributed by atoms with Crippen LogP contribution in [0.2, 0.25) is 0 Å². The Morgan fingerprint density at radius 2 is 2.43 bits per heavy atom. The lowest BCUT2D eigenvalue weighted by Gasteiger charge is -2.27. The average molecular weight is 192 g/mol. The summed E-state index contributed by atoms with van der Waals surface area (Å²) in [6.07, 6.45) is 2.22. The highest BCUT2D eigenvalue weighted by molar-refractivity contribution is 5.87. The first-order valence-electron chi connectivity index (χ1n) is 4.82. The van der Waals surface area contributed by atoms with E-state index in [2.05, 4.69) is 29.1 Å². The third-order valence-electron chi connectivity index (χ3n) is 2.23. The van der Waals surface area contributed by atoms with Gasteiger partial charge in [-0.2, -0.15) is 0 Å². The van der Waals surface area contributed by atoms with Gasteiger partial charge >= 0.3 is 0 Å². The van der Waals surface area contributed by atoms with Gasteiger partial charge in [0, 0.05) is 25.0 Å². The Hall–Kier alpha value is -1.27. The van der Waals surface area contributed by atoms with Gasteiger partial charge in [-0.1, -0.05) is 12.5 Å². The second kappa shape index (κ2) is 5.46. The molecular weight excluding hydrogens is 176 g/mol. The van der Waals surface area contributed by atoms with E-state index >= 15 is 0 Å². The van der Waals surface area contributed by atoms with Crippen LogP contribution in [0.4, 0.5) is 0 Å². The fraction of sp³-hybridized carbons (Fsp3) is 0.545. The van der Waals surface area contributed by atoms with Crippen molar-refractivity contribution in [3.05, 3.63) is 12.7 Å². The number of rotatable bonds is 2. The van der Waals surface area contributed by atoms with E-state index in [1.54, 1.807) is 0 Å². The zero-order valence-electron chi connectivity index (χ0n) is 8.47. The lowest BCUT2D eigenvalue weighted by Crippen LogP contribution is -2.48. The topological polar surface area (TPSA) is 41.1 Å². The van der Waals surface area contributed by atoms with Crippen LogP contribution in [0, 0.1) is 17.8 Å². The van der Waals surface area contributed by atoms with Crippen molar-refractivity contribution in [3.8, 4) is 11.8 Å². The normalized spacial score (nSPS) is 25.8. The Morgan fingerprint density at radius 1 is 1.64 bits per heavy atom. The van der Waals surface area contributed by atoms with E-state index in [0.29, 0.717) is 5.92 Å². The number of carbonyl (C=O) groups is 1. The SMILES string of the molecule is C=CC(=O)N[C@@H]1CNC[C@H](C#CC)C1. The Balaban J connectivity index is 2.42. The number of hydrogen-bond donors (Lipinski definition) is 2. The monoisotopic (exact) mass is 192 g/mol. The number of piperidine rings is 1. The van der Waals surface area contributed by atoms with Crippen LogP contribution in [0.15, 0.2) is 12.7 Å². The smallest absolute Gasteiger partial charge is 0.243 e. The number of hydrogen-bond acceptors (Lipinski definition) is 2. The molecule has 76 valence electrons. The molecule has 1 rings (SSSR count). The van der Waals surface area contributed by atoms with Gasteiger partial charge in [-0.05, 0) is 19.4 Å². The van der Waals surface area contributed by atoms with Crippen molar-refractivity contribution in [1.82, 2.24) is 10.6 Å². The molecule has 1 saturated heterocycles. The molecule has 0 unspecified atom stereocenters. The predicted molar refractivity (Wildman–Crippen MR) is 56.6 cm³/mol. The molecule has 0 aromatic carbocycles. The van der Waals surface area contributed by atoms with Gasteiger partial charge in [0.15, 0.2) is 0 Å². The molecule has 3 heteroatoms. The highest BCUT2D eigenvalue weighted by atomic mass is 16.1. The molecule has 1 heterocycles. The third-order valence-corrected chi connectivity index (χ3v) is 2.23. The van der Waals surface area contributed by atoms with Crippen molar-refractivity contribution in [2.24, 2.45) is 5.92 Å². The standard InChI is InChI=1S/C11H16N2O/c1-3-5-9-6-10(8-12-7-9)13-11(14)4-2/h4,9-10,12H,2,6-8H2,1H3,(H,13,14)/t9-,10+/m1/s1. The summed E-state index contributed by atoms with van der Waals surface area (Å²) in [5, 5.41) is 6.12. The van der Waals surface area contributed by atoms with Crippen molar-refractivity contribution in [3.63, 3.8) is 0 Å². The highest BCUT2D eigenvalue weighted by Gasteiger charge is 2.20. The molecule has 1 amide bonds. The quantitative estimate of drug-likeness (QED) is 0.488. The second-order valence-electron chi connectivity index (χ2n) is 3.39. The number of carbonyl (C=O) groups excluding carboxylic acids is 1. The lowest BCUT2D eigenvalue weighted by atomic mass is 9.96. The van der Waals surface area contributed by atoms with E-state index in [4.69, 9.17) is 0 Å². The first kappa shape index (κ1) is 10.8. The van der Waals surface area contributed by atoms with Crippen LogP contribution in [0.1, 0.15) is 13.3 Å². The van der Waals surface area contributed by atoms with E-state index in [9.17, 15) is 4.79 Å². The molecule has 2 atom stereocenters. The second-order valence-corrected chi connectivity index (χ2v) is 3.39. The zero-order chi connectivity index (χ0) is 10.4. The molecule has 0 aliphatic carbocycles. The Bertz CT molecular complexity index is 275. The van der Waals surface area contributed by atoms with Crippen molar-refractivity contribution in [2.45, 2.75) is 19.4 Å². The summed E-state index contributed by atoms with van der Waals surface area (Å²) in [4.78, 5) is 11.1. The summed E-state index contributed by atoms with van der Waals surface area (Å²) in [6, 6.07) is 0.181. The summed E-state index contributed by atoms with van der Waals surface area (Å²) in [5.74, 6) is 6.26. The van der Waals surface area contributed by atoms with E-state index in [-0.39, 0.29) is 11.9 Å². The van der Waals surface area contributed by atoms with Crippen LogP contribution in [-0.2, 0) is 4.79 Å². The fourth-order valence-corrected chi connectivity index (χ4v) is 1.63. The Kier molecular flexibility index (Phi) is 4.21. The van der Waals surface area contributed by atoms with Crippen LogP contribution in [0.5, 0.6) is 0 Å². The molecule has 0 spiro atoms. The molecule has 14 heavy (non-hydrogen) atoms. The van der Waals surface area contributed by atoms with Crippen molar-refractivity contribution in [1.29, 1.82) is 0 Å². The minimum Gasteiger partial charge on any atom is -0.349 e. The Labute approximate surface area is 85.0 Å².